The van der Waals surface area contributed by atoms with Crippen LogP contribution in [-0.2, 0) is 0 Å². The first-order valence-electron chi connectivity index (χ1n) is 6.06. The molecule has 16 heavy (non-hydrogen) atoms. The first kappa shape index (κ1) is 10.5. The lowest BCUT2D eigenvalue weighted by atomic mass is 9.73. The molecular weight excluding hydrogens is 264 g/mol. The number of anilines is 2. The molecule has 0 atom stereocenters. The van der Waals surface area contributed by atoms with Crippen LogP contribution in [0, 0.1) is 0 Å². The van der Waals surface area contributed by atoms with Crippen LogP contribution in [0.1, 0.15) is 26.2 Å². The Morgan fingerprint density at radius 2 is 2.25 bits per heavy atom. The van der Waals surface area contributed by atoms with Crippen molar-refractivity contribution in [1.82, 2.24) is 0 Å². The zero-order valence-corrected chi connectivity index (χ0v) is 11.2. The zero-order chi connectivity index (χ0) is 11.2. The van der Waals surface area contributed by atoms with Crippen LogP contribution in [-0.4, -0.2) is 18.6 Å². The fourth-order valence-corrected chi connectivity index (χ4v) is 3.39. The van der Waals surface area contributed by atoms with E-state index in [1.807, 2.05) is 0 Å². The summed E-state index contributed by atoms with van der Waals surface area (Å²) in [6.07, 6.45) is 4.05. The second-order valence-corrected chi connectivity index (χ2v) is 5.75. The number of hydrogen-bond acceptors (Lipinski definition) is 2. The van der Waals surface area contributed by atoms with Crippen LogP contribution < -0.4 is 10.2 Å². The molecule has 2 nitrogen and oxygen atoms in total. The van der Waals surface area contributed by atoms with Gasteiger partial charge in [-0.1, -0.05) is 15.9 Å². The molecule has 1 aliphatic heterocycles. The summed E-state index contributed by atoms with van der Waals surface area (Å²) in [7, 11) is 0. The maximum Gasteiger partial charge on any atom is 0.0608 e. The van der Waals surface area contributed by atoms with Crippen LogP contribution in [0.3, 0.4) is 0 Å². The highest BCUT2D eigenvalue weighted by atomic mass is 79.9. The number of benzene rings is 1. The summed E-state index contributed by atoms with van der Waals surface area (Å²) >= 11 is 3.53. The predicted molar refractivity (Wildman–Crippen MR) is 72.2 cm³/mol. The van der Waals surface area contributed by atoms with Gasteiger partial charge in [-0.3, -0.25) is 0 Å². The van der Waals surface area contributed by atoms with Crippen molar-refractivity contribution in [1.29, 1.82) is 0 Å². The smallest absolute Gasteiger partial charge is 0.0608 e. The molecular formula is C13H17BrN2. The van der Waals surface area contributed by atoms with Crippen LogP contribution in [0.15, 0.2) is 22.7 Å². The third-order valence-electron chi connectivity index (χ3n) is 4.03. The highest BCUT2D eigenvalue weighted by Crippen LogP contribution is 2.46. The molecule has 1 fully saturated rings. The summed E-state index contributed by atoms with van der Waals surface area (Å²) in [5, 5.41) is 3.59. The van der Waals surface area contributed by atoms with Gasteiger partial charge in [-0.2, -0.15) is 0 Å². The van der Waals surface area contributed by atoms with E-state index >= 15 is 0 Å². The Bertz CT molecular complexity index is 412. The average molecular weight is 281 g/mol. The van der Waals surface area contributed by atoms with Crippen LogP contribution in [0.4, 0.5) is 11.4 Å². The molecule has 0 radical (unpaired) electrons. The zero-order valence-electron chi connectivity index (χ0n) is 9.59. The summed E-state index contributed by atoms with van der Waals surface area (Å²) < 4.78 is 1.15. The molecule has 0 unspecified atom stereocenters. The van der Waals surface area contributed by atoms with Crippen molar-refractivity contribution in [2.75, 3.05) is 23.3 Å². The summed E-state index contributed by atoms with van der Waals surface area (Å²) in [4.78, 5) is 2.59. The van der Waals surface area contributed by atoms with Gasteiger partial charge in [0.05, 0.1) is 16.9 Å². The maximum absolute atomic E-state index is 3.59. The van der Waals surface area contributed by atoms with Gasteiger partial charge in [0, 0.05) is 17.6 Å². The molecule has 86 valence electrons. The maximum atomic E-state index is 3.59. The first-order valence-corrected chi connectivity index (χ1v) is 6.85. The van der Waals surface area contributed by atoms with Crippen molar-refractivity contribution in [3.8, 4) is 0 Å². The predicted octanol–water partition coefficient (Wildman–Crippen LogP) is 3.62. The minimum Gasteiger partial charge on any atom is -0.381 e. The van der Waals surface area contributed by atoms with Crippen LogP contribution in [0.5, 0.6) is 0 Å². The van der Waals surface area contributed by atoms with E-state index in [2.05, 4.69) is 51.3 Å². The highest BCUT2D eigenvalue weighted by molar-refractivity contribution is 9.10. The lowest BCUT2D eigenvalue weighted by molar-refractivity contribution is 0.240. The van der Waals surface area contributed by atoms with E-state index < -0.39 is 0 Å². The van der Waals surface area contributed by atoms with Crippen LogP contribution >= 0.6 is 15.9 Å². The molecule has 1 spiro atoms. The topological polar surface area (TPSA) is 15.3 Å². The fourth-order valence-electron chi connectivity index (χ4n) is 3.03. The van der Waals surface area contributed by atoms with Crippen LogP contribution in [0.2, 0.25) is 0 Å². The second kappa shape index (κ2) is 3.66. The molecule has 3 rings (SSSR count). The van der Waals surface area contributed by atoms with Gasteiger partial charge in [-0.05, 0) is 44.4 Å². The largest absolute Gasteiger partial charge is 0.381 e. The molecule has 0 amide bonds. The minimum atomic E-state index is 0.412. The number of likely N-dealkylation sites (N-methyl/N-ethyl adjacent to an activating group) is 1. The number of nitrogens with one attached hydrogen (secondary N) is 1. The number of rotatable bonds is 1. The van der Waals surface area contributed by atoms with Gasteiger partial charge in [-0.15, -0.1) is 0 Å². The highest BCUT2D eigenvalue weighted by Gasteiger charge is 2.44. The molecule has 1 aromatic carbocycles. The molecule has 1 aromatic rings. The number of nitrogens with zero attached hydrogens (tertiary/aromatic N) is 1. The fraction of sp³-hybridized carbons (Fsp3) is 0.538. The summed E-state index contributed by atoms with van der Waals surface area (Å²) in [5.74, 6) is 0. The SMILES string of the molecule is CCN1c2ccc(Br)cc2NCC12CCC2. The van der Waals surface area contributed by atoms with Gasteiger partial charge in [0.1, 0.15) is 0 Å². The standard InChI is InChI=1S/C13H17BrN2/c1-2-16-12-5-4-10(14)8-11(12)15-9-13(16)6-3-7-13/h4-5,8,15H,2-3,6-7,9H2,1H3. The molecule has 2 aliphatic rings. The van der Waals surface area contributed by atoms with Gasteiger partial charge in [0.2, 0.25) is 0 Å². The number of halogens is 1. The van der Waals surface area contributed by atoms with Crippen molar-refractivity contribution in [3.63, 3.8) is 0 Å². The second-order valence-electron chi connectivity index (χ2n) is 4.84. The molecule has 1 saturated carbocycles. The molecule has 1 heterocycles. The Morgan fingerprint density at radius 1 is 1.44 bits per heavy atom. The normalized spacial score (nSPS) is 21.2. The van der Waals surface area contributed by atoms with E-state index in [1.165, 1.54) is 30.6 Å². The molecule has 1 N–H and O–H groups in total. The van der Waals surface area contributed by atoms with E-state index in [1.54, 1.807) is 0 Å². The van der Waals surface area contributed by atoms with Crippen molar-refractivity contribution in [2.24, 2.45) is 0 Å². The quantitative estimate of drug-likeness (QED) is 0.845. The van der Waals surface area contributed by atoms with Gasteiger partial charge in [0.25, 0.3) is 0 Å². The molecule has 0 saturated heterocycles. The third kappa shape index (κ3) is 1.37. The van der Waals surface area contributed by atoms with Gasteiger partial charge < -0.3 is 10.2 Å². The van der Waals surface area contributed by atoms with E-state index in [0.29, 0.717) is 5.54 Å². The monoisotopic (exact) mass is 280 g/mol. The Hall–Kier alpha value is -0.700. The Balaban J connectivity index is 2.03. The van der Waals surface area contributed by atoms with Gasteiger partial charge in [0.15, 0.2) is 0 Å². The lowest BCUT2D eigenvalue weighted by Gasteiger charge is -2.54. The van der Waals surface area contributed by atoms with E-state index in [4.69, 9.17) is 0 Å². The summed E-state index contributed by atoms with van der Waals surface area (Å²) in [6.45, 7) is 4.47. The Labute approximate surface area is 105 Å². The molecule has 0 bridgehead atoms. The average Bonchev–Trinajstić information content (AvgIpc) is 2.25. The first-order chi connectivity index (χ1) is 7.75. The van der Waals surface area contributed by atoms with Crippen molar-refractivity contribution in [3.05, 3.63) is 22.7 Å². The van der Waals surface area contributed by atoms with Gasteiger partial charge >= 0.3 is 0 Å². The lowest BCUT2D eigenvalue weighted by Crippen LogP contribution is -2.60. The van der Waals surface area contributed by atoms with Crippen molar-refractivity contribution < 1.29 is 0 Å². The number of hydrogen-bond donors (Lipinski definition) is 1. The van der Waals surface area contributed by atoms with E-state index in [0.717, 1.165) is 17.6 Å². The van der Waals surface area contributed by atoms with Crippen LogP contribution in [0.25, 0.3) is 0 Å². The third-order valence-corrected chi connectivity index (χ3v) is 4.52. The van der Waals surface area contributed by atoms with Crippen molar-refractivity contribution >= 4 is 27.3 Å². The van der Waals surface area contributed by atoms with Gasteiger partial charge in [-0.25, -0.2) is 0 Å². The minimum absolute atomic E-state index is 0.412. The number of fused-ring (bicyclic) bond motifs is 1. The Morgan fingerprint density at radius 3 is 2.88 bits per heavy atom. The molecule has 3 heteroatoms. The Kier molecular flexibility index (Phi) is 2.39. The van der Waals surface area contributed by atoms with Crippen molar-refractivity contribution in [2.45, 2.75) is 31.7 Å². The molecule has 0 aromatic heterocycles. The van der Waals surface area contributed by atoms with E-state index in [9.17, 15) is 0 Å². The van der Waals surface area contributed by atoms with E-state index in [-0.39, 0.29) is 0 Å². The molecule has 1 aliphatic carbocycles. The summed E-state index contributed by atoms with van der Waals surface area (Å²) in [6, 6.07) is 6.56. The summed E-state index contributed by atoms with van der Waals surface area (Å²) in [5.41, 5.74) is 3.06.